The van der Waals surface area contributed by atoms with Gasteiger partial charge in [0.05, 0.1) is 28.9 Å². The Labute approximate surface area is 429 Å². The third-order valence-electron chi connectivity index (χ3n) is 18.5. The first-order chi connectivity index (χ1) is 35.3. The van der Waals surface area contributed by atoms with Gasteiger partial charge in [-0.1, -0.05) is 31.5 Å². The van der Waals surface area contributed by atoms with Crippen LogP contribution < -0.4 is 20.4 Å². The van der Waals surface area contributed by atoms with Crippen molar-refractivity contribution in [2.45, 2.75) is 159 Å². The molecule has 1 spiro atoms. The van der Waals surface area contributed by atoms with Gasteiger partial charge in [0.2, 0.25) is 29.5 Å². The molecular weight excluding hydrogens is 919 g/mol. The first kappa shape index (κ1) is 48.1. The molecule has 5 saturated heterocycles. The number of rotatable bonds is 11. The third kappa shape index (κ3) is 9.06. The number of imidazole rings is 1. The second kappa shape index (κ2) is 19.1. The fourth-order valence-electron chi connectivity index (χ4n) is 13.5. The predicted molar refractivity (Wildman–Crippen MR) is 280 cm³/mol. The largest absolute Gasteiger partial charge is 0.366 e. The van der Waals surface area contributed by atoms with Crippen LogP contribution in [0.15, 0.2) is 48.9 Å². The summed E-state index contributed by atoms with van der Waals surface area (Å²) in [6, 6.07) is 13.9. The van der Waals surface area contributed by atoms with Gasteiger partial charge in [-0.3, -0.25) is 29.3 Å². The predicted octanol–water partition coefficient (Wildman–Crippen LogP) is 7.33. The van der Waals surface area contributed by atoms with Crippen molar-refractivity contribution >= 4 is 57.9 Å². The number of likely N-dealkylation sites (tertiary alicyclic amines) is 3. The molecule has 386 valence electrons. The number of benzene rings is 1. The molecule has 0 radical (unpaired) electrons. The number of anilines is 3. The minimum absolute atomic E-state index is 0.0412. The summed E-state index contributed by atoms with van der Waals surface area (Å²) in [4.78, 5) is 93.3. The summed E-state index contributed by atoms with van der Waals surface area (Å²) in [6.45, 7) is 12.7. The van der Waals surface area contributed by atoms with E-state index in [1.807, 2.05) is 28.3 Å². The second-order valence-electron chi connectivity index (χ2n) is 23.7. The molecule has 1 atom stereocenters. The molecule has 8 aliphatic rings. The van der Waals surface area contributed by atoms with Crippen LogP contribution in [0.1, 0.15) is 147 Å². The Kier molecular flexibility index (Phi) is 12.6. The summed E-state index contributed by atoms with van der Waals surface area (Å²) in [6.07, 6.45) is 17.3. The van der Waals surface area contributed by atoms with Gasteiger partial charge < -0.3 is 34.4 Å². The van der Waals surface area contributed by atoms with Gasteiger partial charge in [0.1, 0.15) is 11.3 Å². The molecular formula is C57H73N11O5. The zero-order chi connectivity index (χ0) is 50.2. The molecule has 12 rings (SSSR count). The zero-order valence-corrected chi connectivity index (χ0v) is 43.1. The van der Waals surface area contributed by atoms with E-state index in [1.54, 1.807) is 6.20 Å². The fraction of sp³-hybridized carbons (Fsp3) is 0.614. The summed E-state index contributed by atoms with van der Waals surface area (Å²) in [5.41, 5.74) is 5.87. The van der Waals surface area contributed by atoms with Crippen LogP contribution in [0.4, 0.5) is 17.3 Å². The van der Waals surface area contributed by atoms with E-state index in [0.717, 1.165) is 128 Å². The lowest BCUT2D eigenvalue weighted by atomic mass is 9.72. The molecule has 16 heteroatoms. The molecule has 5 amide bonds. The monoisotopic (exact) mass is 992 g/mol. The summed E-state index contributed by atoms with van der Waals surface area (Å²) in [5.74, 6) is 1.40. The van der Waals surface area contributed by atoms with E-state index >= 15 is 4.79 Å². The van der Waals surface area contributed by atoms with Gasteiger partial charge in [0.25, 0.3) is 0 Å². The maximum absolute atomic E-state index is 15.2. The molecule has 73 heavy (non-hydrogen) atoms. The quantitative estimate of drug-likeness (QED) is 0.144. The summed E-state index contributed by atoms with van der Waals surface area (Å²) >= 11 is 0. The first-order valence-electron chi connectivity index (χ1n) is 27.8. The zero-order valence-electron chi connectivity index (χ0n) is 43.1. The average molecular weight is 992 g/mol. The maximum atomic E-state index is 15.2. The number of aromatic nitrogens is 4. The Hall–Kier alpha value is -5.90. The molecule has 16 nitrogen and oxygen atoms in total. The van der Waals surface area contributed by atoms with Crippen molar-refractivity contribution in [2.75, 3.05) is 67.5 Å². The number of piperidine rings is 5. The highest BCUT2D eigenvalue weighted by Crippen LogP contribution is 2.53. The smallest absolute Gasteiger partial charge is 0.238 e. The molecule has 2 saturated carbocycles. The molecule has 0 bridgehead atoms. The molecule has 0 unspecified atom stereocenters. The Morgan fingerprint density at radius 1 is 0.808 bits per heavy atom. The number of carbonyl (C=O) groups excluding carboxylic acids is 5. The Morgan fingerprint density at radius 2 is 1.55 bits per heavy atom. The van der Waals surface area contributed by atoms with Crippen LogP contribution in [0, 0.1) is 11.3 Å². The summed E-state index contributed by atoms with van der Waals surface area (Å²) < 4.78 is 2.20. The van der Waals surface area contributed by atoms with Gasteiger partial charge >= 0.3 is 0 Å². The SMILES string of the molecule is CC(C)n1cnc2cc(-c3ccc4c(c3)N(C3CC(N5CCCCC5)C3)C(=O)C43CCN(C(=O)CC4(C)CCN(C(=O)C5CCN(c6ccc([C@H]7CCC(=O)NC7=O)cn6)CC5)CC4)CC3)nc(NC3CC3)c21. The van der Waals surface area contributed by atoms with Crippen molar-refractivity contribution in [3.05, 3.63) is 60.0 Å². The Morgan fingerprint density at radius 3 is 2.23 bits per heavy atom. The van der Waals surface area contributed by atoms with Crippen molar-refractivity contribution < 1.29 is 24.0 Å². The molecule has 2 N–H and O–H groups in total. The topological polar surface area (TPSA) is 169 Å². The summed E-state index contributed by atoms with van der Waals surface area (Å²) in [7, 11) is 0. The summed E-state index contributed by atoms with van der Waals surface area (Å²) in [5, 5.41) is 6.14. The van der Waals surface area contributed by atoms with Crippen LogP contribution in [0.5, 0.6) is 0 Å². The first-order valence-corrected chi connectivity index (χ1v) is 27.8. The number of fused-ring (bicyclic) bond motifs is 3. The lowest BCUT2D eigenvalue weighted by Crippen LogP contribution is -2.58. The van der Waals surface area contributed by atoms with Gasteiger partial charge in [-0.2, -0.15) is 0 Å². The minimum atomic E-state index is -0.669. The lowest BCUT2D eigenvalue weighted by Gasteiger charge is -2.48. The van der Waals surface area contributed by atoms with Gasteiger partial charge in [0.15, 0.2) is 5.82 Å². The number of carbonyl (C=O) groups is 5. The number of amides is 5. The van der Waals surface area contributed by atoms with Crippen molar-refractivity contribution in [1.29, 1.82) is 0 Å². The average Bonchev–Trinajstić information content (AvgIpc) is 4.05. The minimum Gasteiger partial charge on any atom is -0.366 e. The Balaban J connectivity index is 0.686. The number of hydrogen-bond acceptors (Lipinski definition) is 11. The molecule has 3 aromatic heterocycles. The second-order valence-corrected chi connectivity index (χ2v) is 23.7. The maximum Gasteiger partial charge on any atom is 0.238 e. The Bertz CT molecular complexity index is 2790. The fourth-order valence-corrected chi connectivity index (χ4v) is 13.5. The van der Waals surface area contributed by atoms with Crippen LogP contribution in [0.3, 0.4) is 0 Å². The van der Waals surface area contributed by atoms with E-state index in [9.17, 15) is 19.2 Å². The van der Waals surface area contributed by atoms with Crippen molar-refractivity contribution in [1.82, 2.24) is 39.5 Å². The highest BCUT2D eigenvalue weighted by atomic mass is 16.2. The number of nitrogens with one attached hydrogen (secondary N) is 2. The van der Waals surface area contributed by atoms with Crippen LogP contribution >= 0.6 is 0 Å². The number of nitrogens with zero attached hydrogens (tertiary/aromatic N) is 9. The van der Waals surface area contributed by atoms with E-state index in [0.29, 0.717) is 70.4 Å². The number of hydrogen-bond donors (Lipinski definition) is 2. The van der Waals surface area contributed by atoms with Gasteiger partial charge in [0, 0.05) is 99.6 Å². The molecule has 6 aliphatic heterocycles. The molecule has 4 aromatic rings. The van der Waals surface area contributed by atoms with Gasteiger partial charge in [-0.25, -0.2) is 15.0 Å². The lowest BCUT2D eigenvalue weighted by molar-refractivity contribution is -0.141. The van der Waals surface area contributed by atoms with E-state index < -0.39 is 5.41 Å². The third-order valence-corrected chi connectivity index (χ3v) is 18.5. The van der Waals surface area contributed by atoms with E-state index in [1.165, 1.54) is 19.3 Å². The molecule has 7 fully saturated rings. The van der Waals surface area contributed by atoms with Crippen molar-refractivity contribution in [2.24, 2.45) is 11.3 Å². The van der Waals surface area contributed by atoms with E-state index in [4.69, 9.17) is 9.97 Å². The van der Waals surface area contributed by atoms with Crippen LogP contribution in [-0.4, -0.2) is 134 Å². The van der Waals surface area contributed by atoms with Crippen molar-refractivity contribution in [3.8, 4) is 11.3 Å². The van der Waals surface area contributed by atoms with Crippen molar-refractivity contribution in [3.63, 3.8) is 0 Å². The number of pyridine rings is 2. The van der Waals surface area contributed by atoms with Gasteiger partial charge in [-0.15, -0.1) is 0 Å². The highest BCUT2D eigenvalue weighted by molar-refractivity contribution is 6.09. The highest BCUT2D eigenvalue weighted by Gasteiger charge is 2.56. The molecule has 1 aromatic carbocycles. The number of imide groups is 1. The van der Waals surface area contributed by atoms with Gasteiger partial charge in [-0.05, 0) is 145 Å². The normalized spacial score (nSPS) is 25.6. The van der Waals surface area contributed by atoms with E-state index in [2.05, 4.69) is 79.9 Å². The van der Waals surface area contributed by atoms with Crippen LogP contribution in [0.25, 0.3) is 22.3 Å². The standard InChI is InChI=1S/C57H73N11O5/c1-36(2)67-35-59-46-32-45(61-52(51(46)67)60-40-9-10-40)38-7-12-44-47(29-38)68(42-30-41(31-42)63-21-5-4-6-22-63)55(73)57(44)19-27-65(28-20-57)50(70)33-56(3)17-25-66(26-18-56)54(72)37-15-23-64(24-16-37)48-13-8-39(34-58-48)43-11-14-49(69)62-53(43)71/h7-8,12-13,29,32,34-37,40-43H,4-6,9-11,14-28,30-31,33H2,1-3H3,(H,60,61)(H,62,69,71)/t41?,42?,43-/m1/s1. The molecule has 2 aliphatic carbocycles. The van der Waals surface area contributed by atoms with Crippen LogP contribution in [-0.2, 0) is 29.4 Å². The molecule has 9 heterocycles. The van der Waals surface area contributed by atoms with E-state index in [-0.39, 0.29) is 58.9 Å². The van der Waals surface area contributed by atoms with Crippen LogP contribution in [0.2, 0.25) is 0 Å².